The summed E-state index contributed by atoms with van der Waals surface area (Å²) < 4.78 is 7.50. The summed E-state index contributed by atoms with van der Waals surface area (Å²) in [4.78, 5) is 6.79. The van der Waals surface area contributed by atoms with Crippen molar-refractivity contribution in [1.82, 2.24) is 19.8 Å². The van der Waals surface area contributed by atoms with E-state index in [1.165, 1.54) is 0 Å². The summed E-state index contributed by atoms with van der Waals surface area (Å²) in [6.45, 7) is 5.43. The Morgan fingerprint density at radius 2 is 1.97 bits per heavy atom. The second kappa shape index (κ2) is 9.17. The van der Waals surface area contributed by atoms with Gasteiger partial charge in [0.05, 0.1) is 40.1 Å². The molecule has 0 unspecified atom stereocenters. The summed E-state index contributed by atoms with van der Waals surface area (Å²) in [6, 6.07) is 13.7. The van der Waals surface area contributed by atoms with E-state index in [0.29, 0.717) is 28.3 Å². The quantitative estimate of drug-likeness (QED) is 0.483. The summed E-state index contributed by atoms with van der Waals surface area (Å²) >= 11 is 18.6. The Morgan fingerprint density at radius 1 is 1.16 bits per heavy atom. The van der Waals surface area contributed by atoms with Gasteiger partial charge >= 0.3 is 0 Å². The lowest BCUT2D eigenvalue weighted by atomic mass is 9.97. The van der Waals surface area contributed by atoms with Crippen molar-refractivity contribution in [3.8, 4) is 5.69 Å². The molecule has 0 spiro atoms. The number of hydrogen-bond acceptors (Lipinski definition) is 3. The molecule has 1 fully saturated rings. The lowest BCUT2D eigenvalue weighted by Crippen LogP contribution is -2.32. The number of pyridine rings is 1. The van der Waals surface area contributed by atoms with Crippen LogP contribution in [-0.4, -0.2) is 39.8 Å². The van der Waals surface area contributed by atoms with Crippen LogP contribution in [-0.2, 0) is 4.74 Å². The molecule has 5 nitrogen and oxygen atoms in total. The number of thiocarbonyl (C=S) groups is 1. The van der Waals surface area contributed by atoms with E-state index in [0.717, 1.165) is 28.3 Å². The van der Waals surface area contributed by atoms with Crippen molar-refractivity contribution in [3.05, 3.63) is 81.4 Å². The number of nitrogens with zero attached hydrogens (tertiary/aromatic N) is 3. The molecule has 0 aliphatic carbocycles. The second-order valence-electron chi connectivity index (χ2n) is 7.55. The van der Waals surface area contributed by atoms with E-state index in [9.17, 15) is 0 Å². The third kappa shape index (κ3) is 4.05. The normalized spacial score (nSPS) is 18.5. The lowest BCUT2D eigenvalue weighted by molar-refractivity contribution is 0.164. The third-order valence-corrected chi connectivity index (χ3v) is 6.86. The van der Waals surface area contributed by atoms with Crippen LogP contribution in [0.2, 0.25) is 10.0 Å². The van der Waals surface area contributed by atoms with Gasteiger partial charge in [-0.25, -0.2) is 0 Å². The minimum Gasteiger partial charge on any atom is -0.383 e. The smallest absolute Gasteiger partial charge is 0.170 e. The van der Waals surface area contributed by atoms with Crippen LogP contribution in [0.3, 0.4) is 0 Å². The van der Waals surface area contributed by atoms with Gasteiger partial charge in [-0.05, 0) is 62.0 Å². The van der Waals surface area contributed by atoms with Gasteiger partial charge in [0, 0.05) is 31.2 Å². The van der Waals surface area contributed by atoms with Crippen molar-refractivity contribution in [2.24, 2.45) is 0 Å². The summed E-state index contributed by atoms with van der Waals surface area (Å²) in [6.07, 6.45) is 1.81. The Labute approximate surface area is 197 Å². The van der Waals surface area contributed by atoms with Gasteiger partial charge in [0.1, 0.15) is 0 Å². The maximum absolute atomic E-state index is 6.56. The Kier molecular flexibility index (Phi) is 6.53. The first-order valence-electron chi connectivity index (χ1n) is 10.0. The highest BCUT2D eigenvalue weighted by atomic mass is 35.5. The molecule has 1 aromatic carbocycles. The van der Waals surface area contributed by atoms with Crippen LogP contribution in [0, 0.1) is 13.8 Å². The predicted octanol–water partition coefficient (Wildman–Crippen LogP) is 5.41. The largest absolute Gasteiger partial charge is 0.383 e. The fourth-order valence-electron chi connectivity index (χ4n) is 4.30. The first-order chi connectivity index (χ1) is 14.9. The highest BCUT2D eigenvalue weighted by Gasteiger charge is 2.41. The molecule has 0 bridgehead atoms. The molecule has 3 heterocycles. The maximum Gasteiger partial charge on any atom is 0.170 e. The van der Waals surface area contributed by atoms with Gasteiger partial charge in [-0.2, -0.15) is 0 Å². The highest BCUT2D eigenvalue weighted by molar-refractivity contribution is 7.80. The molecule has 1 N–H and O–H groups in total. The van der Waals surface area contributed by atoms with Crippen molar-refractivity contribution in [2.45, 2.75) is 25.9 Å². The van der Waals surface area contributed by atoms with Gasteiger partial charge in [0.2, 0.25) is 0 Å². The number of methoxy groups -OCH3 is 1. The molecular formula is C23H24Cl2N4OS. The molecular weight excluding hydrogens is 451 g/mol. The van der Waals surface area contributed by atoms with Gasteiger partial charge in [-0.3, -0.25) is 4.98 Å². The first kappa shape index (κ1) is 22.1. The zero-order valence-electron chi connectivity index (χ0n) is 17.6. The fraction of sp³-hybridized carbons (Fsp3) is 0.304. The van der Waals surface area contributed by atoms with E-state index in [1.54, 1.807) is 13.2 Å². The van der Waals surface area contributed by atoms with E-state index < -0.39 is 0 Å². The average Bonchev–Trinajstić information content (AvgIpc) is 3.24. The topological polar surface area (TPSA) is 42.3 Å². The summed E-state index contributed by atoms with van der Waals surface area (Å²) in [5.74, 6) is 0. The monoisotopic (exact) mass is 474 g/mol. The maximum atomic E-state index is 6.56. The number of ether oxygens (including phenoxy) is 1. The van der Waals surface area contributed by atoms with Gasteiger partial charge in [0.25, 0.3) is 0 Å². The van der Waals surface area contributed by atoms with Crippen molar-refractivity contribution in [1.29, 1.82) is 0 Å². The van der Waals surface area contributed by atoms with E-state index in [4.69, 9.17) is 40.2 Å². The summed E-state index contributed by atoms with van der Waals surface area (Å²) in [7, 11) is 1.70. The number of hydrogen-bond donors (Lipinski definition) is 1. The fourth-order valence-corrected chi connectivity index (χ4v) is 5.01. The van der Waals surface area contributed by atoms with E-state index >= 15 is 0 Å². The standard InChI is InChI=1S/C23H24Cl2N4OS/c1-14-13-16(15(2)29(14)19-9-6-7-17(24)20(19)25)22-21(18-8-4-5-10-26-18)27-23(31)28(22)11-12-30-3/h4-10,13,21-22H,11-12H2,1-3H3,(H,27,31)/t21-,22-/m1/s1. The molecule has 1 aliphatic heterocycles. The summed E-state index contributed by atoms with van der Waals surface area (Å²) in [5.41, 5.74) is 5.12. The molecule has 0 saturated carbocycles. The minimum atomic E-state index is -0.0747. The molecule has 31 heavy (non-hydrogen) atoms. The molecule has 1 aliphatic rings. The van der Waals surface area contributed by atoms with Crippen LogP contribution in [0.4, 0.5) is 0 Å². The SMILES string of the molecule is COCCN1C(=S)N[C@H](c2ccccn2)[C@H]1c1cc(C)n(-c2cccc(Cl)c2Cl)c1C. The molecule has 2 aromatic heterocycles. The molecule has 0 amide bonds. The third-order valence-electron chi connectivity index (χ3n) is 5.70. The Morgan fingerprint density at radius 3 is 2.68 bits per heavy atom. The van der Waals surface area contributed by atoms with Crippen molar-refractivity contribution < 1.29 is 4.74 Å². The van der Waals surface area contributed by atoms with E-state index in [-0.39, 0.29) is 12.1 Å². The van der Waals surface area contributed by atoms with Gasteiger partial charge in [0.15, 0.2) is 5.11 Å². The average molecular weight is 475 g/mol. The van der Waals surface area contributed by atoms with Crippen LogP contribution in [0.25, 0.3) is 5.69 Å². The lowest BCUT2D eigenvalue weighted by Gasteiger charge is -2.28. The Bertz CT molecular complexity index is 1100. The van der Waals surface area contributed by atoms with Crippen LogP contribution in [0.1, 0.15) is 34.7 Å². The van der Waals surface area contributed by atoms with Crippen molar-refractivity contribution in [2.75, 3.05) is 20.3 Å². The molecule has 3 aromatic rings. The minimum absolute atomic E-state index is 0.0320. The van der Waals surface area contributed by atoms with Crippen LogP contribution in [0.15, 0.2) is 48.7 Å². The highest BCUT2D eigenvalue weighted by Crippen LogP contribution is 2.42. The molecule has 0 radical (unpaired) electrons. The molecule has 1 saturated heterocycles. The van der Waals surface area contributed by atoms with Gasteiger partial charge in [-0.15, -0.1) is 0 Å². The van der Waals surface area contributed by atoms with E-state index in [1.807, 2.05) is 36.5 Å². The molecule has 4 rings (SSSR count). The number of halogens is 2. The van der Waals surface area contributed by atoms with Crippen LogP contribution >= 0.6 is 35.4 Å². The predicted molar refractivity (Wildman–Crippen MR) is 129 cm³/mol. The molecule has 2 atom stereocenters. The van der Waals surface area contributed by atoms with Crippen molar-refractivity contribution >= 4 is 40.5 Å². The van der Waals surface area contributed by atoms with Crippen LogP contribution < -0.4 is 5.32 Å². The first-order valence-corrected chi connectivity index (χ1v) is 11.2. The zero-order chi connectivity index (χ0) is 22.1. The number of aromatic nitrogens is 2. The van der Waals surface area contributed by atoms with Crippen molar-refractivity contribution in [3.63, 3.8) is 0 Å². The number of rotatable bonds is 6. The summed E-state index contributed by atoms with van der Waals surface area (Å²) in [5, 5.41) is 5.24. The Balaban J connectivity index is 1.84. The molecule has 162 valence electrons. The Hall–Kier alpha value is -2.12. The van der Waals surface area contributed by atoms with Gasteiger partial charge in [-0.1, -0.05) is 35.3 Å². The number of aryl methyl sites for hydroxylation is 1. The number of benzene rings is 1. The van der Waals surface area contributed by atoms with Crippen LogP contribution in [0.5, 0.6) is 0 Å². The molecule has 8 heteroatoms. The number of nitrogens with one attached hydrogen (secondary N) is 1. The second-order valence-corrected chi connectivity index (χ2v) is 8.72. The van der Waals surface area contributed by atoms with Gasteiger partial charge < -0.3 is 19.5 Å². The zero-order valence-corrected chi connectivity index (χ0v) is 19.9. The van der Waals surface area contributed by atoms with E-state index in [2.05, 4.69) is 39.7 Å².